The molecule has 1 aromatic heterocycles. The molecule has 0 unspecified atom stereocenters. The second-order valence-electron chi connectivity index (χ2n) is 2.26. The van der Waals surface area contributed by atoms with Gasteiger partial charge in [0.05, 0.1) is 25.6 Å². The smallest absolute Gasteiger partial charge is 0.178 e. The first-order chi connectivity index (χ1) is 5.45. The molecule has 0 radical (unpaired) electrons. The van der Waals surface area contributed by atoms with E-state index in [0.29, 0.717) is 19.8 Å². The number of ether oxygens (including phenoxy) is 2. The first-order valence-electron chi connectivity index (χ1n) is 3.52. The molecule has 5 nitrogen and oxygen atoms in total. The minimum atomic E-state index is -0.164. The lowest BCUT2D eigenvalue weighted by atomic mass is 10.6. The molecule has 2 rings (SSSR count). The highest BCUT2D eigenvalue weighted by molar-refractivity contribution is 4.61. The summed E-state index contributed by atoms with van der Waals surface area (Å²) >= 11 is 0. The number of aromatic nitrogens is 3. The zero-order valence-electron chi connectivity index (χ0n) is 6.01. The van der Waals surface area contributed by atoms with Crippen molar-refractivity contribution in [2.24, 2.45) is 0 Å². The second kappa shape index (κ2) is 2.98. The summed E-state index contributed by atoms with van der Waals surface area (Å²) in [6.45, 7) is 1.92. The number of hydrogen-bond donors (Lipinski definition) is 0. The molecule has 1 fully saturated rings. The van der Waals surface area contributed by atoms with E-state index in [-0.39, 0.29) is 6.29 Å². The van der Waals surface area contributed by atoms with E-state index in [1.54, 1.807) is 17.2 Å². The van der Waals surface area contributed by atoms with Crippen molar-refractivity contribution in [1.29, 1.82) is 0 Å². The van der Waals surface area contributed by atoms with Gasteiger partial charge in [-0.2, -0.15) is 15.0 Å². The monoisotopic (exact) mass is 155 g/mol. The van der Waals surface area contributed by atoms with Gasteiger partial charge in [-0.3, -0.25) is 0 Å². The van der Waals surface area contributed by atoms with E-state index in [2.05, 4.69) is 10.2 Å². The molecule has 0 saturated carbocycles. The van der Waals surface area contributed by atoms with Crippen LogP contribution in [0.1, 0.15) is 0 Å². The van der Waals surface area contributed by atoms with Crippen molar-refractivity contribution < 1.29 is 9.47 Å². The quantitative estimate of drug-likeness (QED) is 0.585. The summed E-state index contributed by atoms with van der Waals surface area (Å²) in [4.78, 5) is 1.55. The van der Waals surface area contributed by atoms with Crippen LogP contribution in [0.15, 0.2) is 12.4 Å². The van der Waals surface area contributed by atoms with E-state index in [9.17, 15) is 0 Å². The molecule has 0 aromatic carbocycles. The van der Waals surface area contributed by atoms with E-state index in [0.717, 1.165) is 0 Å². The highest BCUT2D eigenvalue weighted by Gasteiger charge is 2.16. The number of rotatable bonds is 2. The Morgan fingerprint density at radius 3 is 2.55 bits per heavy atom. The Bertz CT molecular complexity index is 206. The van der Waals surface area contributed by atoms with Crippen LogP contribution in [0.4, 0.5) is 0 Å². The Morgan fingerprint density at radius 2 is 1.91 bits per heavy atom. The first kappa shape index (κ1) is 6.75. The highest BCUT2D eigenvalue weighted by atomic mass is 16.7. The molecular weight excluding hydrogens is 146 g/mol. The minimum Gasteiger partial charge on any atom is -0.348 e. The molecular formula is C6H9N3O2. The third-order valence-electron chi connectivity index (χ3n) is 1.47. The van der Waals surface area contributed by atoms with E-state index >= 15 is 0 Å². The Kier molecular flexibility index (Phi) is 1.83. The van der Waals surface area contributed by atoms with Crippen molar-refractivity contribution in [2.75, 3.05) is 13.2 Å². The number of nitrogens with zero attached hydrogens (tertiary/aromatic N) is 3. The lowest BCUT2D eigenvalue weighted by molar-refractivity contribution is -0.0570. The zero-order chi connectivity index (χ0) is 7.52. The van der Waals surface area contributed by atoms with Gasteiger partial charge in [0.1, 0.15) is 6.54 Å². The Hall–Kier alpha value is -0.940. The van der Waals surface area contributed by atoms with Crippen LogP contribution in [0.2, 0.25) is 0 Å². The summed E-state index contributed by atoms with van der Waals surface area (Å²) in [5.74, 6) is 0. The molecule has 0 spiro atoms. The first-order valence-corrected chi connectivity index (χ1v) is 3.52. The predicted octanol–water partition coefficient (Wildman–Crippen LogP) is -0.349. The molecule has 60 valence electrons. The SMILES string of the molecule is c1cnn(CC2OCCO2)n1. The molecule has 0 aliphatic carbocycles. The molecule has 1 saturated heterocycles. The van der Waals surface area contributed by atoms with Gasteiger partial charge in [-0.15, -0.1) is 0 Å². The van der Waals surface area contributed by atoms with Crippen LogP contribution >= 0.6 is 0 Å². The van der Waals surface area contributed by atoms with Gasteiger partial charge in [-0.25, -0.2) is 0 Å². The van der Waals surface area contributed by atoms with Crippen molar-refractivity contribution in [2.45, 2.75) is 12.8 Å². The fraction of sp³-hybridized carbons (Fsp3) is 0.667. The van der Waals surface area contributed by atoms with Gasteiger partial charge in [-0.05, 0) is 0 Å². The molecule has 1 aliphatic rings. The summed E-state index contributed by atoms with van der Waals surface area (Å²) < 4.78 is 10.4. The van der Waals surface area contributed by atoms with Crippen LogP contribution in [0, 0.1) is 0 Å². The topological polar surface area (TPSA) is 49.2 Å². The van der Waals surface area contributed by atoms with Gasteiger partial charge in [0.15, 0.2) is 6.29 Å². The average Bonchev–Trinajstić information content (AvgIpc) is 2.60. The van der Waals surface area contributed by atoms with Crippen molar-refractivity contribution in [3.8, 4) is 0 Å². The largest absolute Gasteiger partial charge is 0.348 e. The minimum absolute atomic E-state index is 0.164. The molecule has 0 bridgehead atoms. The molecule has 1 aromatic rings. The van der Waals surface area contributed by atoms with Crippen LogP contribution in [-0.4, -0.2) is 34.5 Å². The van der Waals surface area contributed by atoms with Crippen LogP contribution in [-0.2, 0) is 16.0 Å². The lowest BCUT2D eigenvalue weighted by Crippen LogP contribution is -2.18. The molecule has 1 aliphatic heterocycles. The third-order valence-corrected chi connectivity index (χ3v) is 1.47. The third kappa shape index (κ3) is 1.55. The maximum Gasteiger partial charge on any atom is 0.178 e. The molecule has 0 atom stereocenters. The van der Waals surface area contributed by atoms with E-state index < -0.39 is 0 Å². The fourth-order valence-corrected chi connectivity index (χ4v) is 0.984. The molecule has 5 heteroatoms. The summed E-state index contributed by atoms with van der Waals surface area (Å²) in [6.07, 6.45) is 3.10. The Morgan fingerprint density at radius 1 is 1.27 bits per heavy atom. The standard InChI is InChI=1S/C6H9N3O2/c1-2-8-9(7-1)5-6-10-3-4-11-6/h1-2,6H,3-5H2. The molecule has 2 heterocycles. The van der Waals surface area contributed by atoms with Crippen LogP contribution in [0.25, 0.3) is 0 Å². The van der Waals surface area contributed by atoms with Crippen LogP contribution in [0.5, 0.6) is 0 Å². The van der Waals surface area contributed by atoms with E-state index in [1.165, 1.54) is 0 Å². The van der Waals surface area contributed by atoms with E-state index in [1.807, 2.05) is 0 Å². The van der Waals surface area contributed by atoms with Crippen molar-refractivity contribution in [1.82, 2.24) is 15.0 Å². The maximum absolute atomic E-state index is 5.20. The maximum atomic E-state index is 5.20. The normalized spacial score (nSPS) is 19.3. The molecule has 0 amide bonds. The van der Waals surface area contributed by atoms with Crippen molar-refractivity contribution in [3.05, 3.63) is 12.4 Å². The zero-order valence-corrected chi connectivity index (χ0v) is 6.01. The summed E-state index contributed by atoms with van der Waals surface area (Å²) in [7, 11) is 0. The van der Waals surface area contributed by atoms with Gasteiger partial charge in [0.25, 0.3) is 0 Å². The number of hydrogen-bond acceptors (Lipinski definition) is 4. The summed E-state index contributed by atoms with van der Waals surface area (Å²) in [6, 6.07) is 0. The Balaban J connectivity index is 1.90. The van der Waals surface area contributed by atoms with Gasteiger partial charge < -0.3 is 9.47 Å². The lowest BCUT2D eigenvalue weighted by Gasteiger charge is -2.06. The summed E-state index contributed by atoms with van der Waals surface area (Å²) in [5.41, 5.74) is 0. The van der Waals surface area contributed by atoms with Crippen molar-refractivity contribution >= 4 is 0 Å². The van der Waals surface area contributed by atoms with Gasteiger partial charge in [-0.1, -0.05) is 0 Å². The van der Waals surface area contributed by atoms with Crippen LogP contribution in [0.3, 0.4) is 0 Å². The fourth-order valence-electron chi connectivity index (χ4n) is 0.984. The van der Waals surface area contributed by atoms with Crippen molar-refractivity contribution in [3.63, 3.8) is 0 Å². The molecule has 11 heavy (non-hydrogen) atoms. The van der Waals surface area contributed by atoms with Gasteiger partial charge >= 0.3 is 0 Å². The predicted molar refractivity (Wildman–Crippen MR) is 35.7 cm³/mol. The van der Waals surface area contributed by atoms with E-state index in [4.69, 9.17) is 9.47 Å². The molecule has 0 N–H and O–H groups in total. The summed E-state index contributed by atoms with van der Waals surface area (Å²) in [5, 5.41) is 7.85. The average molecular weight is 155 g/mol. The highest BCUT2D eigenvalue weighted by Crippen LogP contribution is 2.04. The Labute approximate surface area is 63.9 Å². The van der Waals surface area contributed by atoms with Gasteiger partial charge in [0.2, 0.25) is 0 Å². The van der Waals surface area contributed by atoms with Gasteiger partial charge in [0, 0.05) is 0 Å². The second-order valence-corrected chi connectivity index (χ2v) is 2.26. The van der Waals surface area contributed by atoms with Crippen LogP contribution < -0.4 is 0 Å².